The van der Waals surface area contributed by atoms with Crippen molar-refractivity contribution < 1.29 is 9.90 Å². The van der Waals surface area contributed by atoms with Crippen LogP contribution in [-0.4, -0.2) is 11.1 Å². The van der Waals surface area contributed by atoms with E-state index in [0.717, 1.165) is 27.7 Å². The first kappa shape index (κ1) is 13.5. The quantitative estimate of drug-likeness (QED) is 0.771. The Morgan fingerprint density at radius 2 is 1.74 bits per heavy atom. The number of carbonyl (C=O) groups is 1. The van der Waals surface area contributed by atoms with Crippen molar-refractivity contribution in [3.63, 3.8) is 0 Å². The second-order valence-corrected chi connectivity index (χ2v) is 5.40. The van der Waals surface area contributed by atoms with Crippen LogP contribution in [0.15, 0.2) is 71.0 Å². The summed E-state index contributed by atoms with van der Waals surface area (Å²) in [6.45, 7) is 0.539. The van der Waals surface area contributed by atoms with Crippen LogP contribution < -0.4 is 5.01 Å². The molecule has 0 unspecified atom stereocenters. The lowest BCUT2D eigenvalue weighted by Crippen LogP contribution is -2.17. The van der Waals surface area contributed by atoms with E-state index in [9.17, 15) is 4.79 Å². The molecule has 0 atom stereocenters. The van der Waals surface area contributed by atoms with Gasteiger partial charge in [0, 0.05) is 5.39 Å². The number of anilines is 1. The third-order valence-corrected chi connectivity index (χ3v) is 3.93. The van der Waals surface area contributed by atoms with Gasteiger partial charge in [-0.15, -0.1) is 5.11 Å². The molecule has 0 amide bonds. The maximum atomic E-state index is 10.9. The summed E-state index contributed by atoms with van der Waals surface area (Å²) < 4.78 is 0. The zero-order valence-corrected chi connectivity index (χ0v) is 12.2. The number of rotatable bonds is 3. The van der Waals surface area contributed by atoms with Gasteiger partial charge in [0.25, 0.3) is 0 Å². The van der Waals surface area contributed by atoms with Gasteiger partial charge in [-0.2, -0.15) is 0 Å². The van der Waals surface area contributed by atoms with Crippen molar-refractivity contribution in [1.29, 1.82) is 0 Å². The fourth-order valence-electron chi connectivity index (χ4n) is 2.79. The Kier molecular flexibility index (Phi) is 3.05. The molecule has 1 heterocycles. The van der Waals surface area contributed by atoms with Crippen LogP contribution in [0, 0.1) is 0 Å². The fourth-order valence-corrected chi connectivity index (χ4v) is 2.79. The van der Waals surface area contributed by atoms with Gasteiger partial charge < -0.3 is 5.11 Å². The molecule has 0 radical (unpaired) electrons. The molecule has 0 saturated carbocycles. The molecular formula is C18H13N3O2. The number of carboxylic acids is 1. The summed E-state index contributed by atoms with van der Waals surface area (Å²) in [7, 11) is 0. The lowest BCUT2D eigenvalue weighted by Gasteiger charge is -2.23. The summed E-state index contributed by atoms with van der Waals surface area (Å²) in [4.78, 5) is 10.9. The van der Waals surface area contributed by atoms with Gasteiger partial charge in [0.05, 0.1) is 23.5 Å². The Morgan fingerprint density at radius 3 is 2.48 bits per heavy atom. The third-order valence-electron chi connectivity index (χ3n) is 3.93. The molecule has 0 saturated heterocycles. The molecule has 112 valence electrons. The van der Waals surface area contributed by atoms with Gasteiger partial charge in [-0.25, -0.2) is 9.80 Å². The molecule has 3 aromatic carbocycles. The van der Waals surface area contributed by atoms with Crippen LogP contribution in [0.4, 0.5) is 11.4 Å². The first-order chi connectivity index (χ1) is 11.2. The van der Waals surface area contributed by atoms with E-state index in [-0.39, 0.29) is 5.56 Å². The van der Waals surface area contributed by atoms with E-state index in [1.165, 1.54) is 0 Å². The van der Waals surface area contributed by atoms with E-state index in [1.807, 2.05) is 29.3 Å². The average Bonchev–Trinajstić information content (AvgIpc) is 2.58. The van der Waals surface area contributed by atoms with Crippen LogP contribution in [0.2, 0.25) is 0 Å². The highest BCUT2D eigenvalue weighted by molar-refractivity contribution is 6.02. The number of hydrogen-bond donors (Lipinski definition) is 1. The minimum absolute atomic E-state index is 0.279. The summed E-state index contributed by atoms with van der Waals surface area (Å²) in [5, 5.41) is 21.6. The smallest absolute Gasteiger partial charge is 0.335 e. The second kappa shape index (κ2) is 5.21. The molecule has 1 aliphatic rings. The van der Waals surface area contributed by atoms with Gasteiger partial charge in [0.15, 0.2) is 0 Å². The van der Waals surface area contributed by atoms with Crippen molar-refractivity contribution in [3.05, 3.63) is 71.8 Å². The van der Waals surface area contributed by atoms with Crippen LogP contribution in [0.5, 0.6) is 0 Å². The Balaban J connectivity index is 1.70. The van der Waals surface area contributed by atoms with Gasteiger partial charge in [-0.1, -0.05) is 41.6 Å². The molecule has 23 heavy (non-hydrogen) atoms. The number of aromatic carboxylic acids is 1. The predicted octanol–water partition coefficient (Wildman–Crippen LogP) is 4.56. The summed E-state index contributed by atoms with van der Waals surface area (Å²) in [5.41, 5.74) is 3.14. The van der Waals surface area contributed by atoms with Gasteiger partial charge in [0.2, 0.25) is 0 Å². The van der Waals surface area contributed by atoms with E-state index in [0.29, 0.717) is 6.54 Å². The normalized spacial score (nSPS) is 12.6. The second-order valence-electron chi connectivity index (χ2n) is 5.40. The molecular weight excluding hydrogens is 290 g/mol. The van der Waals surface area contributed by atoms with E-state index < -0.39 is 5.97 Å². The molecule has 0 spiro atoms. The van der Waals surface area contributed by atoms with Crippen molar-refractivity contribution in [2.45, 2.75) is 6.54 Å². The average molecular weight is 303 g/mol. The maximum Gasteiger partial charge on any atom is 0.335 e. The molecule has 0 aromatic heterocycles. The Morgan fingerprint density at radius 1 is 1.00 bits per heavy atom. The van der Waals surface area contributed by atoms with Gasteiger partial charge in [-0.3, -0.25) is 0 Å². The summed E-state index contributed by atoms with van der Waals surface area (Å²) in [6.07, 6.45) is 0. The summed E-state index contributed by atoms with van der Waals surface area (Å²) in [5.74, 6) is -0.923. The highest BCUT2D eigenvalue weighted by atomic mass is 16.4. The molecule has 1 aliphatic heterocycles. The monoisotopic (exact) mass is 303 g/mol. The van der Waals surface area contributed by atoms with E-state index in [2.05, 4.69) is 22.5 Å². The number of nitrogens with zero attached hydrogens (tertiary/aromatic N) is 3. The van der Waals surface area contributed by atoms with Gasteiger partial charge in [-0.05, 0) is 35.2 Å². The molecule has 5 heteroatoms. The summed E-state index contributed by atoms with van der Waals surface area (Å²) >= 11 is 0. The standard InChI is InChI=1S/C18H13N3O2/c22-18(23)14-9-7-12(8-10-14)11-21-16-6-2-4-13-3-1-5-15(17(13)16)19-20-21/h1-10H,11H2,(H,22,23). The van der Waals surface area contributed by atoms with Crippen LogP contribution in [0.1, 0.15) is 15.9 Å². The molecule has 0 bridgehead atoms. The van der Waals surface area contributed by atoms with Crippen LogP contribution >= 0.6 is 0 Å². The van der Waals surface area contributed by atoms with E-state index >= 15 is 0 Å². The number of benzene rings is 3. The molecule has 4 rings (SSSR count). The molecule has 5 nitrogen and oxygen atoms in total. The van der Waals surface area contributed by atoms with Crippen LogP contribution in [0.25, 0.3) is 10.8 Å². The molecule has 1 N–H and O–H groups in total. The third kappa shape index (κ3) is 2.32. The highest BCUT2D eigenvalue weighted by Crippen LogP contribution is 2.39. The van der Waals surface area contributed by atoms with E-state index in [4.69, 9.17) is 5.11 Å². The number of hydrogen-bond acceptors (Lipinski definition) is 4. The van der Waals surface area contributed by atoms with Crippen molar-refractivity contribution in [2.75, 3.05) is 5.01 Å². The predicted molar refractivity (Wildman–Crippen MR) is 88.0 cm³/mol. The topological polar surface area (TPSA) is 65.3 Å². The largest absolute Gasteiger partial charge is 0.478 e. The molecule has 0 aliphatic carbocycles. The minimum Gasteiger partial charge on any atom is -0.478 e. The first-order valence-corrected chi connectivity index (χ1v) is 7.25. The lowest BCUT2D eigenvalue weighted by molar-refractivity contribution is 0.0697. The Bertz CT molecular complexity index is 927. The Hall–Kier alpha value is -3.21. The van der Waals surface area contributed by atoms with Gasteiger partial charge >= 0.3 is 5.97 Å². The highest BCUT2D eigenvalue weighted by Gasteiger charge is 2.17. The van der Waals surface area contributed by atoms with Crippen LogP contribution in [-0.2, 0) is 6.54 Å². The SMILES string of the molecule is O=C(O)c1ccc(CN2N=Nc3cccc4cccc2c34)cc1. The molecule has 3 aromatic rings. The van der Waals surface area contributed by atoms with Crippen molar-refractivity contribution >= 4 is 28.1 Å². The van der Waals surface area contributed by atoms with E-state index in [1.54, 1.807) is 24.3 Å². The summed E-state index contributed by atoms with van der Waals surface area (Å²) in [6, 6.07) is 18.9. The molecule has 0 fully saturated rings. The minimum atomic E-state index is -0.923. The van der Waals surface area contributed by atoms with Crippen molar-refractivity contribution in [1.82, 2.24) is 0 Å². The number of carboxylic acid groups (broad SMARTS) is 1. The Labute approximate surface area is 132 Å². The zero-order valence-electron chi connectivity index (χ0n) is 12.2. The van der Waals surface area contributed by atoms with Gasteiger partial charge in [0.1, 0.15) is 0 Å². The fraction of sp³-hybridized carbons (Fsp3) is 0.0556. The first-order valence-electron chi connectivity index (χ1n) is 7.25. The van der Waals surface area contributed by atoms with Crippen LogP contribution in [0.3, 0.4) is 0 Å². The lowest BCUT2D eigenvalue weighted by atomic mass is 10.1. The van der Waals surface area contributed by atoms with Crippen molar-refractivity contribution in [3.8, 4) is 0 Å². The zero-order chi connectivity index (χ0) is 15.8. The maximum absolute atomic E-state index is 10.9. The van der Waals surface area contributed by atoms with Crippen molar-refractivity contribution in [2.24, 2.45) is 10.3 Å².